The topological polar surface area (TPSA) is 158 Å². The van der Waals surface area contributed by atoms with Gasteiger partial charge in [0.25, 0.3) is 5.91 Å². The zero-order chi connectivity index (χ0) is 29.2. The number of aliphatic hydroxyl groups excluding tert-OH is 2. The maximum atomic E-state index is 13.9. The van der Waals surface area contributed by atoms with E-state index in [0.29, 0.717) is 36.3 Å². The summed E-state index contributed by atoms with van der Waals surface area (Å²) < 4.78 is 6.25. The summed E-state index contributed by atoms with van der Waals surface area (Å²) in [6, 6.07) is 6.28. The van der Waals surface area contributed by atoms with Gasteiger partial charge in [0.1, 0.15) is 34.4 Å². The summed E-state index contributed by atoms with van der Waals surface area (Å²) in [7, 11) is 3.40. The molecule has 0 spiro atoms. The molecule has 216 valence electrons. The van der Waals surface area contributed by atoms with Crippen molar-refractivity contribution in [2.45, 2.75) is 44.7 Å². The highest BCUT2D eigenvalue weighted by Crippen LogP contribution is 2.51. The van der Waals surface area contributed by atoms with Gasteiger partial charge in [0.05, 0.1) is 24.1 Å². The van der Waals surface area contributed by atoms with Gasteiger partial charge in [-0.2, -0.15) is 0 Å². The molecule has 2 heterocycles. The quantitative estimate of drug-likeness (QED) is 0.318. The molecule has 0 radical (unpaired) electrons. The molecule has 5 N–H and O–H groups in total. The van der Waals surface area contributed by atoms with Gasteiger partial charge in [0.2, 0.25) is 0 Å². The first-order valence-electron chi connectivity index (χ1n) is 14.2. The van der Waals surface area contributed by atoms with Gasteiger partial charge in [-0.05, 0) is 94.5 Å². The number of rotatable bonds is 5. The van der Waals surface area contributed by atoms with Crippen LogP contribution in [0.2, 0.25) is 0 Å². The average Bonchev–Trinajstić information content (AvgIpc) is 3.36. The molecule has 1 amide bonds. The number of likely N-dealkylation sites (tertiary alicyclic amines) is 1. The summed E-state index contributed by atoms with van der Waals surface area (Å²) in [6.07, 6.45) is 4.21. The Morgan fingerprint density at radius 1 is 1.05 bits per heavy atom. The summed E-state index contributed by atoms with van der Waals surface area (Å²) in [5.74, 6) is -4.45. The summed E-state index contributed by atoms with van der Waals surface area (Å²) in [6.45, 7) is 2.78. The number of Topliss-reactive ketones (excluding diaryl/α,β-unsaturated/α-hetero) is 2. The second-order valence-electron chi connectivity index (χ2n) is 11.9. The minimum absolute atomic E-state index is 0.0625. The van der Waals surface area contributed by atoms with Crippen LogP contribution in [0.5, 0.6) is 5.75 Å². The summed E-state index contributed by atoms with van der Waals surface area (Å²) in [5.41, 5.74) is 6.44. The van der Waals surface area contributed by atoms with E-state index in [0.717, 1.165) is 18.8 Å². The van der Waals surface area contributed by atoms with E-state index in [-0.39, 0.29) is 22.6 Å². The number of nitrogens with two attached hydrogens (primary N) is 1. The van der Waals surface area contributed by atoms with E-state index in [1.165, 1.54) is 25.3 Å². The van der Waals surface area contributed by atoms with Crippen molar-refractivity contribution in [1.82, 2.24) is 9.80 Å². The molecule has 0 bridgehead atoms. The van der Waals surface area contributed by atoms with Crippen molar-refractivity contribution in [3.8, 4) is 17.1 Å². The third-order valence-corrected chi connectivity index (χ3v) is 9.20. The normalized spacial score (nSPS) is 26.7. The second-order valence-corrected chi connectivity index (χ2v) is 11.9. The van der Waals surface area contributed by atoms with Crippen LogP contribution in [0.3, 0.4) is 0 Å². The van der Waals surface area contributed by atoms with Gasteiger partial charge in [-0.15, -0.1) is 0 Å². The number of primary amides is 1. The number of carbonyl (C=O) groups excluding carboxylic acids is 3. The molecule has 1 aromatic carbocycles. The molecule has 1 aromatic heterocycles. The fourth-order valence-corrected chi connectivity index (χ4v) is 7.44. The van der Waals surface area contributed by atoms with Crippen molar-refractivity contribution in [3.63, 3.8) is 0 Å². The number of benzene rings is 1. The molecule has 1 unspecified atom stereocenters. The molecular weight excluding hydrogens is 526 g/mol. The number of aliphatic hydroxyl groups is 2. The lowest BCUT2D eigenvalue weighted by molar-refractivity contribution is -0.136. The van der Waals surface area contributed by atoms with Crippen molar-refractivity contribution in [3.05, 3.63) is 58.1 Å². The Balaban J connectivity index is 1.40. The molecule has 1 aliphatic heterocycles. The first-order chi connectivity index (χ1) is 19.6. The maximum absolute atomic E-state index is 13.9. The fourth-order valence-electron chi connectivity index (χ4n) is 7.44. The molecule has 3 aliphatic carbocycles. The van der Waals surface area contributed by atoms with E-state index >= 15 is 0 Å². The molecule has 2 fully saturated rings. The number of piperidine rings is 1. The molecule has 6 rings (SSSR count). The van der Waals surface area contributed by atoms with Crippen LogP contribution in [0, 0.1) is 17.8 Å². The molecule has 2 aromatic rings. The van der Waals surface area contributed by atoms with Crippen LogP contribution < -0.4 is 5.73 Å². The van der Waals surface area contributed by atoms with Crippen molar-refractivity contribution in [2.24, 2.45) is 23.5 Å². The molecule has 10 nitrogen and oxygen atoms in total. The first-order valence-corrected chi connectivity index (χ1v) is 14.2. The van der Waals surface area contributed by atoms with Crippen molar-refractivity contribution < 1.29 is 34.1 Å². The summed E-state index contributed by atoms with van der Waals surface area (Å²) in [5, 5.41) is 33.2. The number of allylic oxidation sites excluding steroid dienone is 1. The minimum atomic E-state index is -1.27. The highest BCUT2D eigenvalue weighted by atomic mass is 16.3. The van der Waals surface area contributed by atoms with Crippen molar-refractivity contribution >= 4 is 23.2 Å². The van der Waals surface area contributed by atoms with Gasteiger partial charge in [-0.1, -0.05) is 6.42 Å². The second kappa shape index (κ2) is 10.2. The minimum Gasteiger partial charge on any atom is -0.510 e. The first kappa shape index (κ1) is 27.3. The number of furan rings is 1. The van der Waals surface area contributed by atoms with Crippen LogP contribution in [0.15, 0.2) is 45.6 Å². The van der Waals surface area contributed by atoms with Gasteiger partial charge in [-0.3, -0.25) is 24.2 Å². The van der Waals surface area contributed by atoms with Crippen LogP contribution in [0.25, 0.3) is 17.1 Å². The Kier molecular flexibility index (Phi) is 6.78. The largest absolute Gasteiger partial charge is 0.510 e. The highest BCUT2D eigenvalue weighted by Gasteiger charge is 2.55. The van der Waals surface area contributed by atoms with Gasteiger partial charge in [0, 0.05) is 11.1 Å². The Hall–Kier alpha value is -3.89. The number of hydrogen-bond donors (Lipinski definition) is 4. The van der Waals surface area contributed by atoms with Crippen LogP contribution in [0.4, 0.5) is 0 Å². The number of fused-ring (bicyclic) bond motifs is 3. The number of ketones is 2. The molecule has 1 saturated heterocycles. The third-order valence-electron chi connectivity index (χ3n) is 9.20. The number of likely N-dealkylation sites (N-methyl/N-ethyl adjacent to an activating group) is 1. The molecule has 41 heavy (non-hydrogen) atoms. The van der Waals surface area contributed by atoms with E-state index in [1.54, 1.807) is 25.1 Å². The Morgan fingerprint density at radius 3 is 2.46 bits per heavy atom. The van der Waals surface area contributed by atoms with E-state index in [4.69, 9.17) is 10.2 Å². The highest BCUT2D eigenvalue weighted by molar-refractivity contribution is 6.28. The van der Waals surface area contributed by atoms with E-state index in [1.807, 2.05) is 12.1 Å². The molecule has 4 atom stereocenters. The Bertz CT molecular complexity index is 1510. The lowest BCUT2D eigenvalue weighted by Crippen LogP contribution is -2.55. The molecular formula is C31H35N3O7. The lowest BCUT2D eigenvalue weighted by atomic mass is 9.59. The van der Waals surface area contributed by atoms with Crippen LogP contribution in [-0.4, -0.2) is 75.8 Å². The van der Waals surface area contributed by atoms with Gasteiger partial charge >= 0.3 is 0 Å². The van der Waals surface area contributed by atoms with E-state index < -0.39 is 52.6 Å². The zero-order valence-corrected chi connectivity index (χ0v) is 23.2. The van der Waals surface area contributed by atoms with Gasteiger partial charge < -0.3 is 25.5 Å². The van der Waals surface area contributed by atoms with Gasteiger partial charge in [-0.25, -0.2) is 0 Å². The van der Waals surface area contributed by atoms with E-state index in [2.05, 4.69) is 4.90 Å². The third kappa shape index (κ3) is 4.36. The lowest BCUT2D eigenvalue weighted by Gasteiger charge is -2.46. The SMILES string of the molecule is CN(C)[C@@H]1C(O)=C(C(N)=O)C(=O)C2C(=O)C3=C(O)c4c(O)ccc(-c5ccc(CN6CCCCC6)o5)c4C[C@H]3C[C@H]21. The van der Waals surface area contributed by atoms with Crippen LogP contribution >= 0.6 is 0 Å². The van der Waals surface area contributed by atoms with Crippen LogP contribution in [0.1, 0.15) is 42.6 Å². The summed E-state index contributed by atoms with van der Waals surface area (Å²) in [4.78, 5) is 43.4. The number of nitrogens with zero attached hydrogens (tertiary/aromatic N) is 2. The Labute approximate surface area is 237 Å². The molecule has 4 aliphatic rings. The molecule has 10 heteroatoms. The maximum Gasteiger partial charge on any atom is 0.255 e. The Morgan fingerprint density at radius 2 is 1.78 bits per heavy atom. The average molecular weight is 562 g/mol. The monoisotopic (exact) mass is 561 g/mol. The number of carbonyl (C=O) groups is 3. The smallest absolute Gasteiger partial charge is 0.255 e. The zero-order valence-electron chi connectivity index (χ0n) is 23.2. The van der Waals surface area contributed by atoms with Crippen LogP contribution in [-0.2, 0) is 27.3 Å². The standard InChI is InChI=1S/C31H35N3O7/c1-33(2)26-19-13-15-12-18-17(21-9-6-16(41-21)14-34-10-4-3-5-11-34)7-8-20(35)23(18)27(36)22(15)28(37)24(19)29(38)25(30(26)39)31(32)40/h6-9,15,19,24,26,35-36,39H,3-5,10-14H2,1-2H3,(H2,32,40)/t15-,19+,24?,26-/m0/s1. The number of phenolic OH excluding ortho intramolecular Hbond substituents is 1. The number of phenols is 1. The predicted molar refractivity (Wildman–Crippen MR) is 150 cm³/mol. The number of amides is 1. The van der Waals surface area contributed by atoms with E-state index in [9.17, 15) is 29.7 Å². The number of hydrogen-bond acceptors (Lipinski definition) is 9. The summed E-state index contributed by atoms with van der Waals surface area (Å²) >= 11 is 0. The fraction of sp³-hybridized carbons (Fsp3) is 0.452. The van der Waals surface area contributed by atoms with Gasteiger partial charge in [0.15, 0.2) is 11.6 Å². The predicted octanol–water partition coefficient (Wildman–Crippen LogP) is 3.10. The van der Waals surface area contributed by atoms with Crippen molar-refractivity contribution in [2.75, 3.05) is 27.2 Å². The number of aromatic hydroxyl groups is 1. The molecule has 1 saturated carbocycles. The van der Waals surface area contributed by atoms with Crippen molar-refractivity contribution in [1.29, 1.82) is 0 Å².